The van der Waals surface area contributed by atoms with Crippen molar-refractivity contribution >= 4 is 117 Å². The molecule has 6 aromatic carbocycles. The average molecular weight is 1790 g/mol. The Morgan fingerprint density at radius 3 is 0.983 bits per heavy atom. The molecule has 3 atom stereocenters. The van der Waals surface area contributed by atoms with Crippen LogP contribution >= 0.6 is 69.6 Å². The number of carbonyl (C=O) groups is 8. The summed E-state index contributed by atoms with van der Waals surface area (Å²) in [6, 6.07) is 27.8. The van der Waals surface area contributed by atoms with Crippen LogP contribution in [-0.2, 0) is 82.0 Å². The van der Waals surface area contributed by atoms with E-state index in [1.54, 1.807) is 32.9 Å². The first kappa shape index (κ1) is 92.0. The molecule has 3 unspecified atom stereocenters. The van der Waals surface area contributed by atoms with Gasteiger partial charge >= 0.3 is 24.1 Å². The molecule has 0 fully saturated rings. The van der Waals surface area contributed by atoms with Crippen molar-refractivity contribution in [2.24, 2.45) is 0 Å². The fraction of sp³-hybridized carbons (Fsp3) is 0.488. The second-order valence-electron chi connectivity index (χ2n) is 31.2. The van der Waals surface area contributed by atoms with Crippen LogP contribution in [0.1, 0.15) is 135 Å². The van der Waals surface area contributed by atoms with E-state index in [9.17, 15) is 43.5 Å². The number of halogens is 6. The summed E-state index contributed by atoms with van der Waals surface area (Å²) < 4.78 is 39.9. The molecule has 6 heterocycles. The van der Waals surface area contributed by atoms with Crippen LogP contribution in [0, 0.1) is 0 Å². The first-order chi connectivity index (χ1) is 58.4. The van der Waals surface area contributed by atoms with Crippen LogP contribution in [0.5, 0.6) is 0 Å². The average Bonchev–Trinajstić information content (AvgIpc) is 1.76. The maximum Gasteiger partial charge on any atom is 0.329 e. The van der Waals surface area contributed by atoms with Crippen LogP contribution in [0.15, 0.2) is 91.0 Å². The molecule has 121 heavy (non-hydrogen) atoms. The Balaban J connectivity index is 0.559. The lowest BCUT2D eigenvalue weighted by Crippen LogP contribution is -2.55. The number of nitrogens with zero attached hydrogens (tertiary/aromatic N) is 6. The van der Waals surface area contributed by atoms with Gasteiger partial charge in [-0.3, -0.25) is 19.2 Å². The van der Waals surface area contributed by atoms with E-state index in [0.717, 1.165) is 86.4 Å². The monoisotopic (exact) mass is 1790 g/mol. The molecule has 35 heteroatoms. The van der Waals surface area contributed by atoms with Crippen molar-refractivity contribution in [3.05, 3.63) is 205 Å². The molecule has 0 aromatic heterocycles. The molecule has 6 aliphatic rings. The van der Waals surface area contributed by atoms with E-state index in [4.69, 9.17) is 103 Å². The number of nitrogens with one attached hydrogen (secondary N) is 7. The number of ether oxygens (including phenoxy) is 7. The van der Waals surface area contributed by atoms with Crippen LogP contribution in [0.4, 0.5) is 14.4 Å². The van der Waals surface area contributed by atoms with Crippen molar-refractivity contribution in [2.45, 2.75) is 81.8 Å². The predicted octanol–water partition coefficient (Wildman–Crippen LogP) is 9.73. The Bertz CT molecular complexity index is 4280. The van der Waals surface area contributed by atoms with Gasteiger partial charge in [-0.1, -0.05) is 106 Å². The van der Waals surface area contributed by atoms with Gasteiger partial charge in [0.2, 0.25) is 5.91 Å². The van der Waals surface area contributed by atoms with Crippen LogP contribution in [-0.4, -0.2) is 280 Å². The zero-order valence-electron chi connectivity index (χ0n) is 68.2. The maximum atomic E-state index is 13.7. The molecular formula is C86H105Cl6N13O16. The van der Waals surface area contributed by atoms with Crippen LogP contribution in [0.3, 0.4) is 0 Å². The maximum absolute atomic E-state index is 13.7. The molecule has 652 valence electrons. The first-order valence-electron chi connectivity index (χ1n) is 40.7. The number of rotatable bonds is 44. The van der Waals surface area contributed by atoms with Gasteiger partial charge in [-0.15, -0.1) is 0 Å². The lowest BCUT2D eigenvalue weighted by atomic mass is 9.84. The van der Waals surface area contributed by atoms with E-state index in [1.165, 1.54) is 0 Å². The summed E-state index contributed by atoms with van der Waals surface area (Å²) in [6.07, 6.45) is 0.209. The van der Waals surface area contributed by atoms with Gasteiger partial charge in [0, 0.05) is 188 Å². The Morgan fingerprint density at radius 2 is 0.678 bits per heavy atom. The van der Waals surface area contributed by atoms with E-state index >= 15 is 0 Å². The van der Waals surface area contributed by atoms with E-state index in [0.29, 0.717) is 106 Å². The number of urea groups is 3. The van der Waals surface area contributed by atoms with Gasteiger partial charge in [0.1, 0.15) is 13.2 Å². The van der Waals surface area contributed by atoms with Gasteiger partial charge in [-0.2, -0.15) is 0 Å². The minimum absolute atomic E-state index is 0.00471. The highest BCUT2D eigenvalue weighted by atomic mass is 35.5. The molecule has 12 rings (SSSR count). The minimum atomic E-state index is -1.29. The van der Waals surface area contributed by atoms with Gasteiger partial charge in [-0.25, -0.2) is 19.2 Å². The zero-order chi connectivity index (χ0) is 85.7. The lowest BCUT2D eigenvalue weighted by molar-refractivity contribution is -0.143. The standard InChI is InChI=1S/C86H105Cl6N13O16/c1-100-46-69(66-37-60(87)40-75(90)72(66)49-100)54-4-7-57-43-103(80(109)63(57)34-54)19-25-118-31-28-115-22-16-96-83(112)93-13-10-86(99-78(106)52-121-53-79(107)108,11-14-94-84(113)97-17-23-116-29-32-119-26-20-104-44-58-8-5-55(35-64(58)81(104)110)70-47-101(2)50-73-67(70)38-61(88)41-76(73)91)12-15-95-85(114)98-18-24-117-30-33-120-27-21-105-45-59-9-6-56(36-65(59)82(105)111)71-48-102(3)51-74-68(71)39-62(89)42-77(74)92/h4-9,34-42,69-71H,10-33,43-53H2,1-3H3,(H,99,106)(H,107,108)(H2,93,96,112)(H2,94,97,113)(H2,95,98,114). The van der Waals surface area contributed by atoms with Gasteiger partial charge in [0.25, 0.3) is 17.7 Å². The Labute approximate surface area is 734 Å². The van der Waals surface area contributed by atoms with Crippen LogP contribution in [0.2, 0.25) is 30.1 Å². The molecule has 0 saturated heterocycles. The van der Waals surface area contributed by atoms with Crippen molar-refractivity contribution in [1.82, 2.24) is 66.6 Å². The van der Waals surface area contributed by atoms with Gasteiger partial charge in [0.15, 0.2) is 0 Å². The smallest absolute Gasteiger partial charge is 0.329 e. The number of fused-ring (bicyclic) bond motifs is 6. The predicted molar refractivity (Wildman–Crippen MR) is 460 cm³/mol. The lowest BCUT2D eigenvalue weighted by Gasteiger charge is -2.35. The molecule has 6 aromatic rings. The molecular weight excluding hydrogens is 1680 g/mol. The minimum Gasteiger partial charge on any atom is -0.480 e. The topological polar surface area (TPSA) is 325 Å². The number of hydrogen-bond donors (Lipinski definition) is 8. The Kier molecular flexibility index (Phi) is 33.8. The molecule has 0 radical (unpaired) electrons. The second-order valence-corrected chi connectivity index (χ2v) is 33.8. The molecule has 8 N–H and O–H groups in total. The molecule has 29 nitrogen and oxygen atoms in total. The van der Waals surface area contributed by atoms with E-state index in [2.05, 4.69) is 70.1 Å². The van der Waals surface area contributed by atoms with Crippen molar-refractivity contribution in [3.8, 4) is 0 Å². The molecule has 6 aliphatic heterocycles. The van der Waals surface area contributed by atoms with Gasteiger partial charge in [0.05, 0.1) is 79.3 Å². The Hall–Kier alpha value is -8.18. The third kappa shape index (κ3) is 25.3. The van der Waals surface area contributed by atoms with Crippen molar-refractivity contribution in [2.75, 3.05) is 192 Å². The molecule has 0 spiro atoms. The summed E-state index contributed by atoms with van der Waals surface area (Å²) in [7, 11) is 6.14. The Morgan fingerprint density at radius 1 is 0.380 bits per heavy atom. The third-order valence-corrected chi connectivity index (χ3v) is 24.1. The second kappa shape index (κ2) is 44.4. The largest absolute Gasteiger partial charge is 0.480 e. The summed E-state index contributed by atoms with van der Waals surface area (Å²) in [4.78, 5) is 118. The number of aliphatic carboxylic acids is 1. The highest BCUT2D eigenvalue weighted by Gasteiger charge is 2.38. The normalized spacial score (nSPS) is 17.3. The number of carboxylic acids is 1. The van der Waals surface area contributed by atoms with Crippen LogP contribution in [0.25, 0.3) is 0 Å². The van der Waals surface area contributed by atoms with E-state index in [-0.39, 0.29) is 173 Å². The van der Waals surface area contributed by atoms with E-state index in [1.807, 2.05) is 75.7 Å². The van der Waals surface area contributed by atoms with Crippen molar-refractivity contribution in [3.63, 3.8) is 0 Å². The molecule has 10 amide bonds. The summed E-state index contributed by atoms with van der Waals surface area (Å²) in [5, 5.41) is 32.5. The highest BCUT2D eigenvalue weighted by molar-refractivity contribution is 6.36. The fourth-order valence-corrected chi connectivity index (χ4v) is 18.2. The highest BCUT2D eigenvalue weighted by Crippen LogP contribution is 2.44. The van der Waals surface area contributed by atoms with Crippen molar-refractivity contribution < 1.29 is 76.6 Å². The van der Waals surface area contributed by atoms with Gasteiger partial charge in [-0.05, 0) is 162 Å². The fourth-order valence-electron chi connectivity index (χ4n) is 16.5. The number of likely N-dealkylation sites (N-methyl/N-ethyl adjacent to an activating group) is 3. The summed E-state index contributed by atoms with van der Waals surface area (Å²) >= 11 is 39.3. The van der Waals surface area contributed by atoms with Crippen LogP contribution < -0.4 is 37.2 Å². The summed E-state index contributed by atoms with van der Waals surface area (Å²) in [5.74, 6) is -2.18. The summed E-state index contributed by atoms with van der Waals surface area (Å²) in [6.45, 7) is 8.57. The third-order valence-electron chi connectivity index (χ3n) is 22.5. The molecule has 0 saturated carbocycles. The number of carboxylic acid groups (broad SMARTS) is 1. The van der Waals surface area contributed by atoms with Crippen molar-refractivity contribution in [1.29, 1.82) is 0 Å². The van der Waals surface area contributed by atoms with Gasteiger partial charge < -0.3 is 105 Å². The molecule has 0 aliphatic carbocycles. The quantitative estimate of drug-likeness (QED) is 0.0165. The zero-order valence-corrected chi connectivity index (χ0v) is 72.7. The van der Waals surface area contributed by atoms with E-state index < -0.39 is 48.7 Å². The number of amides is 10. The summed E-state index contributed by atoms with van der Waals surface area (Å²) in [5.41, 5.74) is 13.0. The SMILES string of the molecule is CN1Cc2c(Cl)cc(Cl)cc2C(c2ccc3c(c2)C(=O)N(CCOCCOCCNC(=O)NCCC(CCNC(=O)NCCOCCOCCN2Cc4ccc(C5CN(C)Cc6c(Cl)cc(Cl)cc65)cc4C2=O)(CCNC(=O)NCCOCCOCCN2Cc4ccc(C5CN(C)Cc6c(Cl)cc(Cl)cc65)cc4C2=O)NC(=O)COCC(=O)O)C3)C1. The number of benzene rings is 6. The molecule has 0 bridgehead atoms. The number of carbonyl (C=O) groups excluding carboxylic acids is 7. The number of hydrogen-bond acceptors (Lipinski definition) is 18. The first-order valence-corrected chi connectivity index (χ1v) is 43.0.